The van der Waals surface area contributed by atoms with Crippen LogP contribution in [0.5, 0.6) is 0 Å². The number of hydrogen-bond donors (Lipinski definition) is 0. The van der Waals surface area contributed by atoms with Crippen LogP contribution in [0.1, 0.15) is 111 Å². The molecule has 6 nitrogen and oxygen atoms in total. The fraction of sp³-hybridized carbons (Fsp3) is 0.232. The number of rotatable bonds is 5. The molecule has 75 heavy (non-hydrogen) atoms. The number of fused-ring (bicyclic) bond motifs is 9. The van der Waals surface area contributed by atoms with Crippen molar-refractivity contribution in [3.05, 3.63) is 192 Å². The van der Waals surface area contributed by atoms with Gasteiger partial charge in [-0.3, -0.25) is 0 Å². The van der Waals surface area contributed by atoms with Crippen LogP contribution < -0.4 is 0 Å². The van der Waals surface area contributed by atoms with E-state index in [2.05, 4.69) is 220 Å². The molecule has 0 saturated heterocycles. The van der Waals surface area contributed by atoms with Gasteiger partial charge in [0.25, 0.3) is 0 Å². The van der Waals surface area contributed by atoms with E-state index in [0.29, 0.717) is 22.6 Å². The Hall–Kier alpha value is -8.27. The summed E-state index contributed by atoms with van der Waals surface area (Å²) in [6, 6.07) is 61.4. The highest BCUT2D eigenvalue weighted by Crippen LogP contribution is 2.48. The Bertz CT molecular complexity index is 4120. The van der Waals surface area contributed by atoms with E-state index in [0.717, 1.165) is 93.8 Å². The molecule has 0 atom stereocenters. The van der Waals surface area contributed by atoms with Crippen LogP contribution in [0.3, 0.4) is 0 Å². The Balaban J connectivity index is 1.27. The second-order valence-electron chi connectivity index (χ2n) is 24.7. The first kappa shape index (κ1) is 47.7. The molecule has 4 heterocycles. The molecule has 0 aliphatic carbocycles. The zero-order valence-electron chi connectivity index (χ0n) is 45.2. The summed E-state index contributed by atoms with van der Waals surface area (Å²) in [5, 5.41) is 18.2. The molecule has 0 amide bonds. The lowest BCUT2D eigenvalue weighted by Crippen LogP contribution is -2.11. The number of nitrogens with zero attached hydrogens (tertiary/aromatic N) is 5. The van der Waals surface area contributed by atoms with Gasteiger partial charge < -0.3 is 13.6 Å². The van der Waals surface area contributed by atoms with Gasteiger partial charge in [0.2, 0.25) is 0 Å². The molecule has 0 aliphatic heterocycles. The molecule has 12 rings (SSSR count). The Morgan fingerprint density at radius 3 is 1.20 bits per heavy atom. The average molecular weight is 978 g/mol. The third kappa shape index (κ3) is 7.91. The topological polar surface area (TPSA) is 72.6 Å². The van der Waals surface area contributed by atoms with Gasteiger partial charge in [0, 0.05) is 44.1 Å². The van der Waals surface area contributed by atoms with Crippen molar-refractivity contribution in [1.82, 2.24) is 19.1 Å². The standard InChI is InChI=1S/C69H63N5O/c1-66(2,3)44-26-30-56-50(35-44)51-36-45(67(4,5)6)27-31-57(51)73(56)62-43(40-70)34-60-61(63(62)74-58-32-28-46(68(7,8)9)37-52(58)53-38-47(69(10,11)12)29-33-59(53)74)48-24-19-25-49(64(48)75-60)65-71-54(41-20-15-13-16-21-41)39-55(72-65)42-22-17-14-18-23-42/h13-39H,1-12H3. The van der Waals surface area contributed by atoms with Crippen molar-refractivity contribution in [2.75, 3.05) is 0 Å². The minimum atomic E-state index is -0.0956. The van der Waals surface area contributed by atoms with Gasteiger partial charge in [0.05, 0.1) is 61.3 Å². The van der Waals surface area contributed by atoms with E-state index in [1.165, 1.54) is 22.3 Å². The van der Waals surface area contributed by atoms with Crippen molar-refractivity contribution in [2.24, 2.45) is 0 Å². The molecular formula is C69H63N5O. The van der Waals surface area contributed by atoms with Gasteiger partial charge in [-0.1, -0.05) is 180 Å². The van der Waals surface area contributed by atoms with E-state index in [9.17, 15) is 5.26 Å². The van der Waals surface area contributed by atoms with Gasteiger partial charge in [0.15, 0.2) is 5.82 Å². The summed E-state index contributed by atoms with van der Waals surface area (Å²) in [5.74, 6) is 0.551. The third-order valence-electron chi connectivity index (χ3n) is 15.4. The second kappa shape index (κ2) is 16.9. The number of aromatic nitrogens is 4. The number of hydrogen-bond acceptors (Lipinski definition) is 4. The Labute approximate surface area is 439 Å². The number of furan rings is 1. The van der Waals surface area contributed by atoms with Gasteiger partial charge in [-0.15, -0.1) is 0 Å². The van der Waals surface area contributed by atoms with Crippen molar-refractivity contribution < 1.29 is 4.42 Å². The van der Waals surface area contributed by atoms with Gasteiger partial charge in [0.1, 0.15) is 17.2 Å². The predicted octanol–water partition coefficient (Wildman–Crippen LogP) is 18.6. The average Bonchev–Trinajstić information content (AvgIpc) is 4.08. The fourth-order valence-electron chi connectivity index (χ4n) is 11.1. The summed E-state index contributed by atoms with van der Waals surface area (Å²) >= 11 is 0. The van der Waals surface area contributed by atoms with Crippen LogP contribution in [-0.2, 0) is 21.7 Å². The summed E-state index contributed by atoms with van der Waals surface area (Å²) in [6.45, 7) is 27.3. The first-order chi connectivity index (χ1) is 35.7. The SMILES string of the molecule is CC(C)(C)c1ccc2c(c1)c1cc(C(C)(C)C)ccc1n2-c1c(C#N)cc2oc3c(-c4nc(-c5ccccc5)cc(-c5ccccc5)n4)cccc3c2c1-n1c2ccc(C(C)(C)C)cc2c2cc(C(C)(C)C)ccc21. The Kier molecular flexibility index (Phi) is 10.7. The van der Waals surface area contributed by atoms with E-state index in [1.54, 1.807) is 0 Å². The monoisotopic (exact) mass is 978 g/mol. The highest BCUT2D eigenvalue weighted by Gasteiger charge is 2.31. The maximum Gasteiger partial charge on any atom is 0.164 e. The largest absolute Gasteiger partial charge is 0.455 e. The lowest BCUT2D eigenvalue weighted by atomic mass is 9.85. The molecule has 0 bridgehead atoms. The minimum absolute atomic E-state index is 0.0907. The van der Waals surface area contributed by atoms with E-state index in [4.69, 9.17) is 14.4 Å². The normalized spacial score (nSPS) is 12.8. The van der Waals surface area contributed by atoms with Gasteiger partial charge >= 0.3 is 0 Å². The van der Waals surface area contributed by atoms with Crippen LogP contribution in [0, 0.1) is 11.3 Å². The lowest BCUT2D eigenvalue weighted by molar-refractivity contribution is 0.590. The van der Waals surface area contributed by atoms with E-state index < -0.39 is 0 Å². The molecule has 0 radical (unpaired) electrons. The van der Waals surface area contributed by atoms with E-state index >= 15 is 0 Å². The minimum Gasteiger partial charge on any atom is -0.455 e. The second-order valence-corrected chi connectivity index (χ2v) is 24.7. The molecule has 6 heteroatoms. The number of para-hydroxylation sites is 1. The summed E-state index contributed by atoms with van der Waals surface area (Å²) in [5.41, 5.74) is 16.6. The zero-order valence-corrected chi connectivity index (χ0v) is 45.2. The van der Waals surface area contributed by atoms with Crippen molar-refractivity contribution in [2.45, 2.75) is 105 Å². The van der Waals surface area contributed by atoms with Crippen molar-refractivity contribution in [3.8, 4) is 51.3 Å². The van der Waals surface area contributed by atoms with E-state index in [1.807, 2.05) is 42.5 Å². The van der Waals surface area contributed by atoms with Crippen molar-refractivity contribution in [3.63, 3.8) is 0 Å². The summed E-state index contributed by atoms with van der Waals surface area (Å²) < 4.78 is 12.1. The molecule has 0 unspecified atom stereocenters. The maximum absolute atomic E-state index is 11.8. The smallest absolute Gasteiger partial charge is 0.164 e. The van der Waals surface area contributed by atoms with Gasteiger partial charge in [-0.2, -0.15) is 5.26 Å². The maximum atomic E-state index is 11.8. The lowest BCUT2D eigenvalue weighted by Gasteiger charge is -2.22. The van der Waals surface area contributed by atoms with Crippen molar-refractivity contribution in [1.29, 1.82) is 5.26 Å². The first-order valence-corrected chi connectivity index (χ1v) is 26.3. The molecule has 8 aromatic carbocycles. The molecule has 370 valence electrons. The van der Waals surface area contributed by atoms with Crippen LogP contribution in [0.15, 0.2) is 168 Å². The van der Waals surface area contributed by atoms with Crippen LogP contribution >= 0.6 is 0 Å². The van der Waals surface area contributed by atoms with Crippen molar-refractivity contribution >= 4 is 65.6 Å². The third-order valence-corrected chi connectivity index (χ3v) is 15.4. The highest BCUT2D eigenvalue weighted by molar-refractivity contribution is 6.19. The Morgan fingerprint density at radius 1 is 0.413 bits per heavy atom. The zero-order chi connectivity index (χ0) is 52.5. The highest BCUT2D eigenvalue weighted by atomic mass is 16.3. The van der Waals surface area contributed by atoms with Gasteiger partial charge in [-0.25, -0.2) is 9.97 Å². The predicted molar refractivity (Wildman–Crippen MR) is 314 cm³/mol. The van der Waals surface area contributed by atoms with Gasteiger partial charge in [-0.05, 0) is 105 Å². The van der Waals surface area contributed by atoms with Crippen LogP contribution in [0.4, 0.5) is 0 Å². The molecule has 0 saturated carbocycles. The molecule has 12 aromatic rings. The molecule has 0 N–H and O–H groups in total. The van der Waals surface area contributed by atoms with Crippen LogP contribution in [0.25, 0.3) is 111 Å². The van der Waals surface area contributed by atoms with Crippen LogP contribution in [-0.4, -0.2) is 19.1 Å². The summed E-state index contributed by atoms with van der Waals surface area (Å²) in [4.78, 5) is 10.6. The quantitative estimate of drug-likeness (QED) is 0.172. The molecule has 0 spiro atoms. The molecular weight excluding hydrogens is 915 g/mol. The number of benzene rings is 8. The number of nitriles is 1. The molecule has 4 aromatic heterocycles. The fourth-order valence-corrected chi connectivity index (χ4v) is 11.1. The Morgan fingerprint density at radius 2 is 0.813 bits per heavy atom. The summed E-state index contributed by atoms with van der Waals surface area (Å²) in [6.07, 6.45) is 0. The van der Waals surface area contributed by atoms with Crippen LogP contribution in [0.2, 0.25) is 0 Å². The molecule has 0 aliphatic rings. The van der Waals surface area contributed by atoms with E-state index in [-0.39, 0.29) is 21.7 Å². The first-order valence-electron chi connectivity index (χ1n) is 26.3. The molecule has 0 fully saturated rings. The summed E-state index contributed by atoms with van der Waals surface area (Å²) in [7, 11) is 0.